The van der Waals surface area contributed by atoms with Crippen LogP contribution < -0.4 is 5.32 Å². The molecule has 1 aromatic heterocycles. The Kier molecular flexibility index (Phi) is 3.81. The highest BCUT2D eigenvalue weighted by Gasteiger charge is 2.02. The van der Waals surface area contributed by atoms with Crippen LogP contribution in [0.2, 0.25) is 0 Å². The smallest absolute Gasteiger partial charge is 0.144 e. The van der Waals surface area contributed by atoms with Crippen molar-refractivity contribution < 1.29 is 0 Å². The molecule has 0 unspecified atom stereocenters. The average molecular weight is 389 g/mol. The Labute approximate surface area is 117 Å². The molecule has 0 fully saturated rings. The predicted octanol–water partition coefficient (Wildman–Crippen LogP) is 4.50. The van der Waals surface area contributed by atoms with Gasteiger partial charge >= 0.3 is 0 Å². The minimum absolute atomic E-state index is 0.840. The topological polar surface area (TPSA) is 24.9 Å². The van der Waals surface area contributed by atoms with Crippen LogP contribution >= 0.6 is 38.5 Å². The second kappa shape index (κ2) is 5.14. The number of halogens is 2. The first-order valence-corrected chi connectivity index (χ1v) is 6.67. The summed E-state index contributed by atoms with van der Waals surface area (Å²) in [6.07, 6.45) is 1.85. The van der Waals surface area contributed by atoms with Crippen molar-refractivity contribution in [1.29, 1.82) is 0 Å². The van der Waals surface area contributed by atoms with Gasteiger partial charge in [0.25, 0.3) is 0 Å². The van der Waals surface area contributed by atoms with Crippen LogP contribution in [0, 0.1) is 10.5 Å². The molecule has 0 aliphatic rings. The molecule has 82 valence electrons. The van der Waals surface area contributed by atoms with E-state index in [1.165, 1.54) is 3.57 Å². The number of pyridine rings is 1. The molecule has 0 aliphatic carbocycles. The quantitative estimate of drug-likeness (QED) is 0.766. The number of nitrogens with one attached hydrogen (secondary N) is 1. The van der Waals surface area contributed by atoms with E-state index in [2.05, 4.69) is 61.0 Å². The van der Waals surface area contributed by atoms with E-state index in [-0.39, 0.29) is 0 Å². The summed E-state index contributed by atoms with van der Waals surface area (Å²) in [5.41, 5.74) is 2.18. The second-order valence-electron chi connectivity index (χ2n) is 3.48. The molecule has 0 saturated carbocycles. The maximum atomic E-state index is 4.34. The number of rotatable bonds is 2. The van der Waals surface area contributed by atoms with Gasteiger partial charge in [-0.1, -0.05) is 6.07 Å². The van der Waals surface area contributed by atoms with Crippen molar-refractivity contribution in [2.24, 2.45) is 0 Å². The van der Waals surface area contributed by atoms with Gasteiger partial charge in [0.2, 0.25) is 0 Å². The van der Waals surface area contributed by atoms with Crippen LogP contribution in [0.15, 0.2) is 41.0 Å². The number of benzene rings is 1. The first-order chi connectivity index (χ1) is 7.65. The van der Waals surface area contributed by atoms with E-state index in [9.17, 15) is 0 Å². The summed E-state index contributed by atoms with van der Waals surface area (Å²) < 4.78 is 2.18. The van der Waals surface area contributed by atoms with Crippen LogP contribution in [0.1, 0.15) is 5.56 Å². The van der Waals surface area contributed by atoms with Crippen LogP contribution in [0.5, 0.6) is 0 Å². The fourth-order valence-electron chi connectivity index (χ4n) is 1.33. The van der Waals surface area contributed by atoms with E-state index in [1.807, 2.05) is 31.3 Å². The van der Waals surface area contributed by atoms with E-state index in [0.717, 1.165) is 21.5 Å². The first-order valence-electron chi connectivity index (χ1n) is 4.80. The Morgan fingerprint density at radius 2 is 2.12 bits per heavy atom. The average Bonchev–Trinajstić information content (AvgIpc) is 2.22. The zero-order chi connectivity index (χ0) is 11.5. The molecule has 0 atom stereocenters. The maximum absolute atomic E-state index is 4.34. The molecular formula is C12H10BrIN2. The molecule has 2 nitrogen and oxygen atoms in total. The summed E-state index contributed by atoms with van der Waals surface area (Å²) in [6.45, 7) is 2.02. The van der Waals surface area contributed by atoms with Gasteiger partial charge in [0, 0.05) is 15.5 Å². The van der Waals surface area contributed by atoms with Gasteiger partial charge in [-0.3, -0.25) is 0 Å². The van der Waals surface area contributed by atoms with Crippen LogP contribution in [0.25, 0.3) is 0 Å². The van der Waals surface area contributed by atoms with Crippen molar-refractivity contribution in [2.75, 3.05) is 5.32 Å². The highest BCUT2D eigenvalue weighted by atomic mass is 127. The van der Waals surface area contributed by atoms with Crippen molar-refractivity contribution in [3.63, 3.8) is 0 Å². The van der Waals surface area contributed by atoms with Crippen LogP contribution in [0.3, 0.4) is 0 Å². The Morgan fingerprint density at radius 1 is 1.31 bits per heavy atom. The third-order valence-electron chi connectivity index (χ3n) is 2.07. The lowest BCUT2D eigenvalue weighted by Crippen LogP contribution is -1.95. The monoisotopic (exact) mass is 388 g/mol. The normalized spacial score (nSPS) is 10.2. The van der Waals surface area contributed by atoms with E-state index >= 15 is 0 Å². The fourth-order valence-corrected chi connectivity index (χ4v) is 2.43. The Balaban J connectivity index is 2.27. The molecule has 0 bridgehead atoms. The lowest BCUT2D eigenvalue weighted by molar-refractivity contribution is 1.24. The number of hydrogen-bond donors (Lipinski definition) is 1. The molecule has 16 heavy (non-hydrogen) atoms. The van der Waals surface area contributed by atoms with Gasteiger partial charge in [0.05, 0.1) is 4.47 Å². The largest absolute Gasteiger partial charge is 0.339 e. The lowest BCUT2D eigenvalue weighted by atomic mass is 10.3. The maximum Gasteiger partial charge on any atom is 0.144 e. The summed E-state index contributed by atoms with van der Waals surface area (Å²) in [4.78, 5) is 4.34. The van der Waals surface area contributed by atoms with Crippen LogP contribution in [0.4, 0.5) is 11.5 Å². The van der Waals surface area contributed by atoms with Gasteiger partial charge in [0.1, 0.15) is 5.82 Å². The van der Waals surface area contributed by atoms with E-state index in [1.54, 1.807) is 0 Å². The van der Waals surface area contributed by atoms with Crippen LogP contribution in [-0.4, -0.2) is 4.98 Å². The third-order valence-corrected chi connectivity index (χ3v) is 3.34. The summed E-state index contributed by atoms with van der Waals surface area (Å²) in [7, 11) is 0. The van der Waals surface area contributed by atoms with Gasteiger partial charge in [0.15, 0.2) is 0 Å². The highest BCUT2D eigenvalue weighted by Crippen LogP contribution is 2.24. The molecule has 2 rings (SSSR count). The molecule has 0 aliphatic heterocycles. The number of aryl methyl sites for hydroxylation is 1. The van der Waals surface area contributed by atoms with Crippen molar-refractivity contribution in [3.8, 4) is 0 Å². The SMILES string of the molecule is Cc1cnc(Nc2cccc(I)c2)c(Br)c1. The molecule has 1 aromatic carbocycles. The Bertz CT molecular complexity index is 514. The van der Waals surface area contributed by atoms with Gasteiger partial charge in [-0.15, -0.1) is 0 Å². The van der Waals surface area contributed by atoms with Gasteiger partial charge < -0.3 is 5.32 Å². The molecule has 2 aromatic rings. The van der Waals surface area contributed by atoms with E-state index in [4.69, 9.17) is 0 Å². The molecule has 0 amide bonds. The van der Waals surface area contributed by atoms with Crippen molar-refractivity contribution >= 4 is 50.0 Å². The van der Waals surface area contributed by atoms with Crippen molar-refractivity contribution in [3.05, 3.63) is 50.1 Å². The predicted molar refractivity (Wildman–Crippen MR) is 79.1 cm³/mol. The van der Waals surface area contributed by atoms with Crippen LogP contribution in [-0.2, 0) is 0 Å². The minimum Gasteiger partial charge on any atom is -0.339 e. The first kappa shape index (κ1) is 11.9. The fraction of sp³-hybridized carbons (Fsp3) is 0.0833. The zero-order valence-corrected chi connectivity index (χ0v) is 12.4. The zero-order valence-electron chi connectivity index (χ0n) is 8.67. The molecule has 1 heterocycles. The highest BCUT2D eigenvalue weighted by molar-refractivity contribution is 14.1. The van der Waals surface area contributed by atoms with E-state index < -0.39 is 0 Å². The van der Waals surface area contributed by atoms with Gasteiger partial charge in [-0.25, -0.2) is 4.98 Å². The minimum atomic E-state index is 0.840. The summed E-state index contributed by atoms with van der Waals surface area (Å²) in [5.74, 6) is 0.840. The molecule has 1 N–H and O–H groups in total. The number of anilines is 2. The molecular weight excluding hydrogens is 379 g/mol. The Morgan fingerprint density at radius 3 is 2.81 bits per heavy atom. The van der Waals surface area contributed by atoms with Gasteiger partial charge in [-0.2, -0.15) is 0 Å². The van der Waals surface area contributed by atoms with E-state index in [0.29, 0.717) is 0 Å². The molecule has 4 heteroatoms. The molecule has 0 spiro atoms. The lowest BCUT2D eigenvalue weighted by Gasteiger charge is -2.08. The van der Waals surface area contributed by atoms with Crippen molar-refractivity contribution in [2.45, 2.75) is 6.92 Å². The molecule has 0 radical (unpaired) electrons. The molecule has 0 saturated heterocycles. The van der Waals surface area contributed by atoms with Crippen molar-refractivity contribution in [1.82, 2.24) is 4.98 Å². The van der Waals surface area contributed by atoms with Gasteiger partial charge in [-0.05, 0) is 75.3 Å². The third kappa shape index (κ3) is 2.95. The number of nitrogens with zero attached hydrogens (tertiary/aromatic N) is 1. The second-order valence-corrected chi connectivity index (χ2v) is 5.58. The summed E-state index contributed by atoms with van der Waals surface area (Å²) in [5, 5.41) is 3.28. The summed E-state index contributed by atoms with van der Waals surface area (Å²) in [6, 6.07) is 10.2. The Hall–Kier alpha value is -0.620. The summed E-state index contributed by atoms with van der Waals surface area (Å²) >= 11 is 5.79. The number of hydrogen-bond acceptors (Lipinski definition) is 2. The standard InChI is InChI=1S/C12H10BrIN2/c1-8-5-11(13)12(15-7-8)16-10-4-2-3-9(14)6-10/h2-7H,1H3,(H,15,16). The number of aromatic nitrogens is 1.